The van der Waals surface area contributed by atoms with Gasteiger partial charge in [0, 0.05) is 28.8 Å². The first kappa shape index (κ1) is 16.0. The molecule has 2 aromatic carbocycles. The van der Waals surface area contributed by atoms with Crippen molar-refractivity contribution in [2.75, 3.05) is 10.6 Å². The summed E-state index contributed by atoms with van der Waals surface area (Å²) in [6.45, 7) is 1.94. The van der Waals surface area contributed by atoms with Gasteiger partial charge in [-0.2, -0.15) is 0 Å². The first-order chi connectivity index (χ1) is 11.6. The zero-order valence-electron chi connectivity index (χ0n) is 13.0. The molecule has 0 atom stereocenters. The largest absolute Gasteiger partial charge is 0.324 e. The van der Waals surface area contributed by atoms with Crippen LogP contribution in [0.2, 0.25) is 5.02 Å². The van der Waals surface area contributed by atoms with Crippen molar-refractivity contribution in [1.29, 1.82) is 0 Å². The number of hydrogen-bond acceptors (Lipinski definition) is 4. The number of rotatable bonds is 4. The van der Waals surface area contributed by atoms with Gasteiger partial charge in [0.15, 0.2) is 0 Å². The van der Waals surface area contributed by atoms with Gasteiger partial charge in [-0.3, -0.25) is 4.79 Å². The van der Waals surface area contributed by atoms with Crippen molar-refractivity contribution < 1.29 is 4.79 Å². The molecule has 0 aliphatic rings. The van der Waals surface area contributed by atoms with Crippen molar-refractivity contribution in [2.45, 2.75) is 6.92 Å². The van der Waals surface area contributed by atoms with Gasteiger partial charge in [-0.05, 0) is 42.8 Å². The molecule has 3 aromatic rings. The lowest BCUT2D eigenvalue weighted by Gasteiger charge is -2.09. The number of carbonyl (C=O) groups is 1. The number of hydrogen-bond donors (Lipinski definition) is 2. The van der Waals surface area contributed by atoms with E-state index in [1.165, 1.54) is 12.4 Å². The number of amides is 1. The highest BCUT2D eigenvalue weighted by Gasteiger charge is 2.08. The smallest absolute Gasteiger partial charge is 0.258 e. The van der Waals surface area contributed by atoms with Gasteiger partial charge in [0.2, 0.25) is 5.95 Å². The summed E-state index contributed by atoms with van der Waals surface area (Å²) < 4.78 is 0. The van der Waals surface area contributed by atoms with Crippen LogP contribution in [0.15, 0.2) is 60.9 Å². The minimum atomic E-state index is -0.254. The van der Waals surface area contributed by atoms with Gasteiger partial charge in [-0.25, -0.2) is 9.97 Å². The van der Waals surface area contributed by atoms with Gasteiger partial charge < -0.3 is 10.6 Å². The summed E-state index contributed by atoms with van der Waals surface area (Å²) in [4.78, 5) is 20.5. The number of aryl methyl sites for hydroxylation is 1. The highest BCUT2D eigenvalue weighted by atomic mass is 35.5. The second-order valence-electron chi connectivity index (χ2n) is 5.20. The number of para-hydroxylation sites is 1. The molecule has 0 spiro atoms. The minimum Gasteiger partial charge on any atom is -0.324 e. The summed E-state index contributed by atoms with van der Waals surface area (Å²) in [6.07, 6.45) is 2.97. The Kier molecular flexibility index (Phi) is 4.72. The molecule has 0 fully saturated rings. The molecule has 0 radical (unpaired) electrons. The molecule has 0 saturated heterocycles. The van der Waals surface area contributed by atoms with E-state index in [-0.39, 0.29) is 5.91 Å². The summed E-state index contributed by atoms with van der Waals surface area (Å²) in [6, 6.07) is 14.7. The molecular formula is C18H15ClN4O. The van der Waals surface area contributed by atoms with Crippen LogP contribution >= 0.6 is 11.6 Å². The summed E-state index contributed by atoms with van der Waals surface area (Å²) in [5, 5.41) is 6.56. The number of aromatic nitrogens is 2. The van der Waals surface area contributed by atoms with E-state index in [0.29, 0.717) is 16.5 Å². The number of halogens is 1. The highest BCUT2D eigenvalue weighted by Crippen LogP contribution is 2.21. The van der Waals surface area contributed by atoms with Gasteiger partial charge in [-0.1, -0.05) is 29.8 Å². The molecule has 2 N–H and O–H groups in total. The molecule has 0 aliphatic carbocycles. The molecule has 0 bridgehead atoms. The van der Waals surface area contributed by atoms with Gasteiger partial charge in [0.1, 0.15) is 0 Å². The van der Waals surface area contributed by atoms with E-state index in [0.717, 1.165) is 16.9 Å². The lowest BCUT2D eigenvalue weighted by molar-refractivity contribution is 0.102. The van der Waals surface area contributed by atoms with E-state index in [2.05, 4.69) is 20.6 Å². The Hall–Kier alpha value is -2.92. The third-order valence-corrected chi connectivity index (χ3v) is 3.62. The lowest BCUT2D eigenvalue weighted by Crippen LogP contribution is -2.13. The molecule has 5 nitrogen and oxygen atoms in total. The van der Waals surface area contributed by atoms with Crippen molar-refractivity contribution in [2.24, 2.45) is 0 Å². The monoisotopic (exact) mass is 338 g/mol. The Morgan fingerprint density at radius 2 is 1.75 bits per heavy atom. The van der Waals surface area contributed by atoms with Crippen LogP contribution in [0.1, 0.15) is 15.9 Å². The fourth-order valence-corrected chi connectivity index (χ4v) is 2.35. The molecule has 0 unspecified atom stereocenters. The van der Waals surface area contributed by atoms with Crippen LogP contribution in [0.25, 0.3) is 0 Å². The molecule has 1 heterocycles. The zero-order valence-corrected chi connectivity index (χ0v) is 13.7. The zero-order chi connectivity index (χ0) is 16.9. The maximum Gasteiger partial charge on any atom is 0.258 e. The SMILES string of the molecule is Cc1cc(Cl)ccc1Nc1ncc(C(=O)Nc2ccccc2)cn1. The van der Waals surface area contributed by atoms with Crippen molar-refractivity contribution in [1.82, 2.24) is 9.97 Å². The lowest BCUT2D eigenvalue weighted by atomic mass is 10.2. The Bertz CT molecular complexity index is 851. The van der Waals surface area contributed by atoms with E-state index < -0.39 is 0 Å². The fourth-order valence-electron chi connectivity index (χ4n) is 2.12. The number of anilines is 3. The topological polar surface area (TPSA) is 66.9 Å². The molecule has 24 heavy (non-hydrogen) atoms. The molecule has 120 valence electrons. The number of nitrogens with one attached hydrogen (secondary N) is 2. The summed E-state index contributed by atoms with van der Waals surface area (Å²) >= 11 is 5.94. The predicted molar refractivity (Wildman–Crippen MR) is 95.9 cm³/mol. The van der Waals surface area contributed by atoms with Crippen molar-refractivity contribution in [3.8, 4) is 0 Å². The van der Waals surface area contributed by atoms with Gasteiger partial charge in [-0.15, -0.1) is 0 Å². The quantitative estimate of drug-likeness (QED) is 0.738. The summed E-state index contributed by atoms with van der Waals surface area (Å²) in [7, 11) is 0. The molecule has 0 saturated carbocycles. The van der Waals surface area contributed by atoms with Crippen LogP contribution in [-0.4, -0.2) is 15.9 Å². The fraction of sp³-hybridized carbons (Fsp3) is 0.0556. The normalized spacial score (nSPS) is 10.2. The van der Waals surface area contributed by atoms with E-state index >= 15 is 0 Å². The van der Waals surface area contributed by atoms with Crippen LogP contribution in [0.4, 0.5) is 17.3 Å². The number of carbonyl (C=O) groups excluding carboxylic acids is 1. The Morgan fingerprint density at radius 1 is 1.04 bits per heavy atom. The third kappa shape index (κ3) is 3.88. The molecular weight excluding hydrogens is 324 g/mol. The van der Waals surface area contributed by atoms with Gasteiger partial charge >= 0.3 is 0 Å². The average Bonchev–Trinajstić information content (AvgIpc) is 2.59. The van der Waals surface area contributed by atoms with E-state index in [1.807, 2.05) is 49.4 Å². The molecule has 6 heteroatoms. The first-order valence-corrected chi connectivity index (χ1v) is 7.71. The minimum absolute atomic E-state index is 0.254. The summed E-state index contributed by atoms with van der Waals surface area (Å²) in [5.41, 5.74) is 2.96. The van der Waals surface area contributed by atoms with Crippen LogP contribution in [0.3, 0.4) is 0 Å². The molecule has 1 amide bonds. The molecule has 3 rings (SSSR count). The van der Waals surface area contributed by atoms with Gasteiger partial charge in [0.25, 0.3) is 5.91 Å². The van der Waals surface area contributed by atoms with Crippen LogP contribution < -0.4 is 10.6 Å². The Labute approximate surface area is 144 Å². The first-order valence-electron chi connectivity index (χ1n) is 7.33. The van der Waals surface area contributed by atoms with E-state index in [4.69, 9.17) is 11.6 Å². The van der Waals surface area contributed by atoms with Gasteiger partial charge in [0.05, 0.1) is 5.56 Å². The Balaban J connectivity index is 1.70. The number of benzene rings is 2. The standard InChI is InChI=1S/C18H15ClN4O/c1-12-9-14(19)7-8-16(12)23-18-20-10-13(11-21-18)17(24)22-15-5-3-2-4-6-15/h2-11H,1H3,(H,22,24)(H,20,21,23). The maximum absolute atomic E-state index is 12.1. The predicted octanol–water partition coefficient (Wildman–Crippen LogP) is 4.43. The Morgan fingerprint density at radius 3 is 2.42 bits per heavy atom. The third-order valence-electron chi connectivity index (χ3n) is 3.38. The van der Waals surface area contributed by atoms with Crippen LogP contribution in [-0.2, 0) is 0 Å². The van der Waals surface area contributed by atoms with Crippen molar-refractivity contribution >= 4 is 34.8 Å². The highest BCUT2D eigenvalue weighted by molar-refractivity contribution is 6.30. The molecule has 1 aromatic heterocycles. The second-order valence-corrected chi connectivity index (χ2v) is 5.64. The molecule has 0 aliphatic heterocycles. The number of nitrogens with zero attached hydrogens (tertiary/aromatic N) is 2. The van der Waals surface area contributed by atoms with Crippen LogP contribution in [0, 0.1) is 6.92 Å². The van der Waals surface area contributed by atoms with Crippen molar-refractivity contribution in [3.05, 3.63) is 77.1 Å². The average molecular weight is 339 g/mol. The van der Waals surface area contributed by atoms with E-state index in [1.54, 1.807) is 6.07 Å². The summed E-state index contributed by atoms with van der Waals surface area (Å²) in [5.74, 6) is 0.159. The van der Waals surface area contributed by atoms with E-state index in [9.17, 15) is 4.79 Å². The second kappa shape index (κ2) is 7.10. The van der Waals surface area contributed by atoms with Crippen molar-refractivity contribution in [3.63, 3.8) is 0 Å². The maximum atomic E-state index is 12.1. The van der Waals surface area contributed by atoms with Crippen LogP contribution in [0.5, 0.6) is 0 Å².